The summed E-state index contributed by atoms with van der Waals surface area (Å²) in [4.78, 5) is 24.4. The van der Waals surface area contributed by atoms with E-state index in [-0.39, 0.29) is 18.4 Å². The van der Waals surface area contributed by atoms with Gasteiger partial charge in [0.15, 0.2) is 6.61 Å². The molecule has 0 aliphatic heterocycles. The van der Waals surface area contributed by atoms with Crippen molar-refractivity contribution in [1.29, 1.82) is 0 Å². The maximum absolute atomic E-state index is 12.4. The molecule has 0 saturated heterocycles. The molecule has 0 heterocycles. The number of halogens is 2. The molecular formula is C22H18Cl2N2O3. The van der Waals surface area contributed by atoms with Crippen molar-refractivity contribution in [2.75, 3.05) is 17.2 Å². The van der Waals surface area contributed by atoms with Gasteiger partial charge >= 0.3 is 0 Å². The molecule has 2 N–H and O–H groups in total. The molecular weight excluding hydrogens is 411 g/mol. The van der Waals surface area contributed by atoms with Crippen molar-refractivity contribution in [3.8, 4) is 5.75 Å². The lowest BCUT2D eigenvalue weighted by Gasteiger charge is -2.10. The zero-order valence-electron chi connectivity index (χ0n) is 15.5. The standard InChI is InChI=1S/C22H18Cl2N2O3/c1-14-4-2-3-5-19(14)26-22(28)15-6-9-17(10-7-15)29-13-21(27)25-20-12-16(23)8-11-18(20)24/h2-12H,13H2,1H3,(H,25,27)(H,26,28). The summed E-state index contributed by atoms with van der Waals surface area (Å²) in [6, 6.07) is 18.9. The Labute approximate surface area is 178 Å². The zero-order chi connectivity index (χ0) is 20.8. The topological polar surface area (TPSA) is 67.4 Å². The lowest BCUT2D eigenvalue weighted by atomic mass is 10.1. The van der Waals surface area contributed by atoms with Crippen molar-refractivity contribution < 1.29 is 14.3 Å². The second-order valence-electron chi connectivity index (χ2n) is 6.25. The number of carbonyl (C=O) groups excluding carboxylic acids is 2. The first-order valence-corrected chi connectivity index (χ1v) is 9.53. The molecule has 0 bridgehead atoms. The van der Waals surface area contributed by atoms with E-state index < -0.39 is 0 Å². The Kier molecular flexibility index (Phi) is 6.75. The number of benzene rings is 3. The summed E-state index contributed by atoms with van der Waals surface area (Å²) in [7, 11) is 0. The van der Waals surface area contributed by atoms with Gasteiger partial charge in [0, 0.05) is 16.3 Å². The van der Waals surface area contributed by atoms with Crippen LogP contribution in [0, 0.1) is 6.92 Å². The number of hydrogen-bond donors (Lipinski definition) is 2. The van der Waals surface area contributed by atoms with Gasteiger partial charge in [0.2, 0.25) is 0 Å². The molecule has 0 aliphatic carbocycles. The first-order chi connectivity index (χ1) is 13.9. The molecule has 0 aliphatic rings. The molecule has 7 heteroatoms. The fourth-order valence-electron chi connectivity index (χ4n) is 2.54. The quantitative estimate of drug-likeness (QED) is 0.538. The third kappa shape index (κ3) is 5.73. The van der Waals surface area contributed by atoms with Crippen LogP contribution in [0.4, 0.5) is 11.4 Å². The van der Waals surface area contributed by atoms with E-state index in [4.69, 9.17) is 27.9 Å². The van der Waals surface area contributed by atoms with E-state index in [2.05, 4.69) is 10.6 Å². The summed E-state index contributed by atoms with van der Waals surface area (Å²) < 4.78 is 5.46. The van der Waals surface area contributed by atoms with Gasteiger partial charge in [-0.05, 0) is 61.0 Å². The van der Waals surface area contributed by atoms with Crippen LogP contribution in [0.25, 0.3) is 0 Å². The average Bonchev–Trinajstić information content (AvgIpc) is 2.71. The van der Waals surface area contributed by atoms with Crippen LogP contribution in [0.15, 0.2) is 66.7 Å². The number of nitrogens with one attached hydrogen (secondary N) is 2. The fraction of sp³-hybridized carbons (Fsp3) is 0.0909. The van der Waals surface area contributed by atoms with Gasteiger partial charge < -0.3 is 15.4 Å². The number of para-hydroxylation sites is 1. The highest BCUT2D eigenvalue weighted by Crippen LogP contribution is 2.25. The van der Waals surface area contributed by atoms with E-state index in [1.165, 1.54) is 0 Å². The Morgan fingerprint density at radius 2 is 1.62 bits per heavy atom. The van der Waals surface area contributed by atoms with Crippen molar-refractivity contribution in [1.82, 2.24) is 0 Å². The van der Waals surface area contributed by atoms with Crippen LogP contribution < -0.4 is 15.4 Å². The molecule has 0 atom stereocenters. The Morgan fingerprint density at radius 3 is 2.34 bits per heavy atom. The van der Waals surface area contributed by atoms with E-state index in [0.717, 1.165) is 11.3 Å². The van der Waals surface area contributed by atoms with Gasteiger partial charge in [-0.15, -0.1) is 0 Å². The van der Waals surface area contributed by atoms with E-state index in [1.54, 1.807) is 42.5 Å². The maximum Gasteiger partial charge on any atom is 0.262 e. The Balaban J connectivity index is 1.55. The highest BCUT2D eigenvalue weighted by molar-refractivity contribution is 6.35. The molecule has 3 aromatic rings. The molecule has 0 radical (unpaired) electrons. The molecule has 2 amide bonds. The second-order valence-corrected chi connectivity index (χ2v) is 7.10. The van der Waals surface area contributed by atoms with Crippen molar-refractivity contribution >= 4 is 46.4 Å². The molecule has 5 nitrogen and oxygen atoms in total. The van der Waals surface area contributed by atoms with E-state index in [9.17, 15) is 9.59 Å². The number of carbonyl (C=O) groups is 2. The van der Waals surface area contributed by atoms with E-state index in [0.29, 0.717) is 27.0 Å². The van der Waals surface area contributed by atoms with Crippen molar-refractivity contribution in [2.24, 2.45) is 0 Å². The van der Waals surface area contributed by atoms with Crippen LogP contribution in [0.1, 0.15) is 15.9 Å². The fourth-order valence-corrected chi connectivity index (χ4v) is 2.88. The summed E-state index contributed by atoms with van der Waals surface area (Å²) in [5.41, 5.74) is 2.63. The Bertz CT molecular complexity index is 1040. The zero-order valence-corrected chi connectivity index (χ0v) is 17.1. The SMILES string of the molecule is Cc1ccccc1NC(=O)c1ccc(OCC(=O)Nc2cc(Cl)ccc2Cl)cc1. The molecule has 0 spiro atoms. The third-order valence-corrected chi connectivity index (χ3v) is 4.65. The molecule has 29 heavy (non-hydrogen) atoms. The van der Waals surface area contributed by atoms with Crippen LogP contribution in [-0.2, 0) is 4.79 Å². The van der Waals surface area contributed by atoms with Crippen LogP contribution in [0.2, 0.25) is 10.0 Å². The summed E-state index contributed by atoms with van der Waals surface area (Å²) in [6.07, 6.45) is 0. The molecule has 0 aromatic heterocycles. The summed E-state index contributed by atoms with van der Waals surface area (Å²) >= 11 is 11.9. The average molecular weight is 429 g/mol. The highest BCUT2D eigenvalue weighted by Gasteiger charge is 2.10. The van der Waals surface area contributed by atoms with E-state index >= 15 is 0 Å². The first kappa shape index (κ1) is 20.7. The molecule has 0 saturated carbocycles. The smallest absolute Gasteiger partial charge is 0.262 e. The van der Waals surface area contributed by atoms with Gasteiger partial charge in [0.1, 0.15) is 5.75 Å². The lowest BCUT2D eigenvalue weighted by molar-refractivity contribution is -0.118. The molecule has 3 rings (SSSR count). The van der Waals surface area contributed by atoms with Crippen LogP contribution in [-0.4, -0.2) is 18.4 Å². The predicted molar refractivity (Wildman–Crippen MR) is 116 cm³/mol. The molecule has 148 valence electrons. The minimum atomic E-state index is -0.379. The number of ether oxygens (including phenoxy) is 1. The maximum atomic E-state index is 12.4. The Hall–Kier alpha value is -3.02. The normalized spacial score (nSPS) is 10.3. The number of amides is 2. The largest absolute Gasteiger partial charge is 0.484 e. The van der Waals surface area contributed by atoms with E-state index in [1.807, 2.05) is 31.2 Å². The Morgan fingerprint density at radius 1 is 0.897 bits per heavy atom. The number of aryl methyl sites for hydroxylation is 1. The summed E-state index contributed by atoms with van der Waals surface area (Å²) in [5.74, 6) is -0.139. The summed E-state index contributed by atoms with van der Waals surface area (Å²) in [6.45, 7) is 1.71. The van der Waals surface area contributed by atoms with Gasteiger partial charge in [0.25, 0.3) is 11.8 Å². The summed E-state index contributed by atoms with van der Waals surface area (Å²) in [5, 5.41) is 6.35. The van der Waals surface area contributed by atoms with Gasteiger partial charge in [-0.2, -0.15) is 0 Å². The second kappa shape index (κ2) is 9.45. The number of rotatable bonds is 6. The van der Waals surface area contributed by atoms with Gasteiger partial charge in [-0.3, -0.25) is 9.59 Å². The minimum absolute atomic E-state index is 0.211. The number of anilines is 2. The highest BCUT2D eigenvalue weighted by atomic mass is 35.5. The lowest BCUT2D eigenvalue weighted by Crippen LogP contribution is -2.20. The predicted octanol–water partition coefficient (Wildman–Crippen LogP) is 5.57. The molecule has 0 fully saturated rings. The monoisotopic (exact) mass is 428 g/mol. The van der Waals surface area contributed by atoms with Gasteiger partial charge in [0.05, 0.1) is 10.7 Å². The van der Waals surface area contributed by atoms with Gasteiger partial charge in [-0.1, -0.05) is 41.4 Å². The van der Waals surface area contributed by atoms with Crippen molar-refractivity contribution in [3.05, 3.63) is 87.9 Å². The number of hydrogen-bond acceptors (Lipinski definition) is 3. The van der Waals surface area contributed by atoms with Crippen LogP contribution >= 0.6 is 23.2 Å². The van der Waals surface area contributed by atoms with Gasteiger partial charge in [-0.25, -0.2) is 0 Å². The minimum Gasteiger partial charge on any atom is -0.484 e. The van der Waals surface area contributed by atoms with Crippen LogP contribution in [0.5, 0.6) is 5.75 Å². The molecule has 3 aromatic carbocycles. The molecule has 0 unspecified atom stereocenters. The first-order valence-electron chi connectivity index (χ1n) is 8.77. The van der Waals surface area contributed by atoms with Crippen molar-refractivity contribution in [3.63, 3.8) is 0 Å². The van der Waals surface area contributed by atoms with Crippen LogP contribution in [0.3, 0.4) is 0 Å². The van der Waals surface area contributed by atoms with Crippen molar-refractivity contribution in [2.45, 2.75) is 6.92 Å². The third-order valence-electron chi connectivity index (χ3n) is 4.08.